The van der Waals surface area contributed by atoms with Gasteiger partial charge in [-0.15, -0.1) is 0 Å². The standard InChI is InChI=1S/C13H14O2/c1-10-9-12(15-13(10)14)8-7-11-5-3-2-4-6-11/h2-6,12H,1,7-9H2. The Kier molecular flexibility index (Phi) is 2.86. The van der Waals surface area contributed by atoms with Crippen LogP contribution >= 0.6 is 0 Å². The number of ether oxygens (including phenoxy) is 1. The SMILES string of the molecule is C=C1CC(CCc2ccccc2)OC1=O. The summed E-state index contributed by atoms with van der Waals surface area (Å²) in [5, 5.41) is 0. The Morgan fingerprint density at radius 3 is 2.67 bits per heavy atom. The van der Waals surface area contributed by atoms with Crippen molar-refractivity contribution in [1.29, 1.82) is 0 Å². The van der Waals surface area contributed by atoms with Crippen LogP contribution in [0.4, 0.5) is 0 Å². The molecular weight excluding hydrogens is 188 g/mol. The second kappa shape index (κ2) is 4.30. The van der Waals surface area contributed by atoms with Crippen molar-refractivity contribution in [2.75, 3.05) is 0 Å². The lowest BCUT2D eigenvalue weighted by Crippen LogP contribution is -2.07. The van der Waals surface area contributed by atoms with Crippen LogP contribution in [-0.2, 0) is 16.0 Å². The second-order valence-corrected chi connectivity index (χ2v) is 3.86. The molecule has 0 N–H and O–H groups in total. The van der Waals surface area contributed by atoms with E-state index in [1.54, 1.807) is 0 Å². The van der Waals surface area contributed by atoms with E-state index in [-0.39, 0.29) is 12.1 Å². The molecule has 1 aromatic rings. The van der Waals surface area contributed by atoms with Gasteiger partial charge in [-0.2, -0.15) is 0 Å². The number of carbonyl (C=O) groups is 1. The van der Waals surface area contributed by atoms with Gasteiger partial charge in [0.1, 0.15) is 6.10 Å². The number of benzene rings is 1. The highest BCUT2D eigenvalue weighted by Crippen LogP contribution is 2.22. The van der Waals surface area contributed by atoms with Crippen LogP contribution in [0.5, 0.6) is 0 Å². The summed E-state index contributed by atoms with van der Waals surface area (Å²) in [7, 11) is 0. The van der Waals surface area contributed by atoms with Crippen molar-refractivity contribution in [3.63, 3.8) is 0 Å². The summed E-state index contributed by atoms with van der Waals surface area (Å²) >= 11 is 0. The van der Waals surface area contributed by atoms with Gasteiger partial charge in [0.2, 0.25) is 0 Å². The van der Waals surface area contributed by atoms with Gasteiger partial charge in [-0.3, -0.25) is 0 Å². The summed E-state index contributed by atoms with van der Waals surface area (Å²) in [4.78, 5) is 11.1. The number of carbonyl (C=O) groups excluding carboxylic acids is 1. The molecule has 0 aliphatic carbocycles. The minimum atomic E-state index is -0.229. The van der Waals surface area contributed by atoms with Gasteiger partial charge in [0.15, 0.2) is 0 Å². The third-order valence-electron chi connectivity index (χ3n) is 2.63. The first-order chi connectivity index (χ1) is 7.25. The predicted octanol–water partition coefficient (Wildman–Crippen LogP) is 2.49. The molecule has 2 nitrogen and oxygen atoms in total. The summed E-state index contributed by atoms with van der Waals surface area (Å²) in [5.41, 5.74) is 1.89. The number of aryl methyl sites for hydroxylation is 1. The Hall–Kier alpha value is -1.57. The third-order valence-corrected chi connectivity index (χ3v) is 2.63. The number of hydrogen-bond acceptors (Lipinski definition) is 2. The summed E-state index contributed by atoms with van der Waals surface area (Å²) < 4.78 is 5.16. The van der Waals surface area contributed by atoms with Crippen LogP contribution in [0.1, 0.15) is 18.4 Å². The quantitative estimate of drug-likeness (QED) is 0.556. The van der Waals surface area contributed by atoms with E-state index >= 15 is 0 Å². The number of rotatable bonds is 3. The fourth-order valence-electron chi connectivity index (χ4n) is 1.77. The van der Waals surface area contributed by atoms with E-state index in [0.29, 0.717) is 12.0 Å². The molecule has 0 aromatic heterocycles. The molecular formula is C13H14O2. The van der Waals surface area contributed by atoms with Gasteiger partial charge < -0.3 is 4.74 Å². The largest absolute Gasteiger partial charge is 0.459 e. The van der Waals surface area contributed by atoms with Crippen LogP contribution in [-0.4, -0.2) is 12.1 Å². The highest BCUT2D eigenvalue weighted by atomic mass is 16.5. The van der Waals surface area contributed by atoms with Crippen molar-refractivity contribution in [2.24, 2.45) is 0 Å². The van der Waals surface area contributed by atoms with E-state index in [1.807, 2.05) is 18.2 Å². The lowest BCUT2D eigenvalue weighted by molar-refractivity contribution is -0.138. The third kappa shape index (κ3) is 2.46. The zero-order valence-electron chi connectivity index (χ0n) is 8.61. The molecule has 0 radical (unpaired) electrons. The smallest absolute Gasteiger partial charge is 0.333 e. The van der Waals surface area contributed by atoms with Crippen LogP contribution in [0.25, 0.3) is 0 Å². The molecule has 2 rings (SSSR count). The van der Waals surface area contributed by atoms with Crippen LogP contribution in [0.15, 0.2) is 42.5 Å². The maximum Gasteiger partial charge on any atom is 0.333 e. The Balaban J connectivity index is 1.85. The molecule has 0 spiro atoms. The van der Waals surface area contributed by atoms with Crippen molar-refractivity contribution in [3.05, 3.63) is 48.0 Å². The zero-order valence-corrected chi connectivity index (χ0v) is 8.61. The maximum atomic E-state index is 11.1. The minimum Gasteiger partial charge on any atom is -0.459 e. The normalized spacial score (nSPS) is 20.4. The van der Waals surface area contributed by atoms with E-state index < -0.39 is 0 Å². The summed E-state index contributed by atoms with van der Waals surface area (Å²) in [5.74, 6) is -0.229. The van der Waals surface area contributed by atoms with E-state index in [0.717, 1.165) is 12.8 Å². The average Bonchev–Trinajstić information content (AvgIpc) is 2.57. The van der Waals surface area contributed by atoms with Gasteiger partial charge in [-0.05, 0) is 18.4 Å². The molecule has 0 amide bonds. The zero-order chi connectivity index (χ0) is 10.7. The van der Waals surface area contributed by atoms with Crippen LogP contribution < -0.4 is 0 Å². The van der Waals surface area contributed by atoms with Gasteiger partial charge in [0.05, 0.1) is 0 Å². The van der Waals surface area contributed by atoms with Crippen molar-refractivity contribution in [1.82, 2.24) is 0 Å². The van der Waals surface area contributed by atoms with Crippen LogP contribution in [0.3, 0.4) is 0 Å². The topological polar surface area (TPSA) is 26.3 Å². The van der Waals surface area contributed by atoms with E-state index in [1.165, 1.54) is 5.56 Å². The first-order valence-electron chi connectivity index (χ1n) is 5.18. The summed E-state index contributed by atoms with van der Waals surface area (Å²) in [6.07, 6.45) is 2.55. The van der Waals surface area contributed by atoms with Gasteiger partial charge in [-0.25, -0.2) is 4.79 Å². The highest BCUT2D eigenvalue weighted by molar-refractivity contribution is 5.89. The fourth-order valence-corrected chi connectivity index (χ4v) is 1.77. The Morgan fingerprint density at radius 2 is 2.07 bits per heavy atom. The lowest BCUT2D eigenvalue weighted by Gasteiger charge is -2.07. The van der Waals surface area contributed by atoms with Crippen LogP contribution in [0, 0.1) is 0 Å². The van der Waals surface area contributed by atoms with Gasteiger partial charge >= 0.3 is 5.97 Å². The van der Waals surface area contributed by atoms with Gasteiger partial charge in [0, 0.05) is 12.0 Å². The Morgan fingerprint density at radius 1 is 1.33 bits per heavy atom. The van der Waals surface area contributed by atoms with Gasteiger partial charge in [0.25, 0.3) is 0 Å². The molecule has 78 valence electrons. The van der Waals surface area contributed by atoms with Crippen molar-refractivity contribution < 1.29 is 9.53 Å². The Bertz CT molecular complexity index is 351. The van der Waals surface area contributed by atoms with E-state index in [9.17, 15) is 4.79 Å². The van der Waals surface area contributed by atoms with E-state index in [4.69, 9.17) is 4.74 Å². The lowest BCUT2D eigenvalue weighted by atomic mass is 10.0. The molecule has 0 bridgehead atoms. The molecule has 1 saturated heterocycles. The molecule has 1 aromatic carbocycles. The molecule has 1 unspecified atom stereocenters. The summed E-state index contributed by atoms with van der Waals surface area (Å²) in [6.45, 7) is 3.67. The first-order valence-corrected chi connectivity index (χ1v) is 5.18. The molecule has 0 saturated carbocycles. The molecule has 1 heterocycles. The van der Waals surface area contributed by atoms with Crippen molar-refractivity contribution >= 4 is 5.97 Å². The predicted molar refractivity (Wildman–Crippen MR) is 58.4 cm³/mol. The maximum absolute atomic E-state index is 11.1. The fraction of sp³-hybridized carbons (Fsp3) is 0.308. The number of hydrogen-bond donors (Lipinski definition) is 0. The molecule has 2 heteroatoms. The van der Waals surface area contributed by atoms with Crippen molar-refractivity contribution in [2.45, 2.75) is 25.4 Å². The highest BCUT2D eigenvalue weighted by Gasteiger charge is 2.26. The molecule has 15 heavy (non-hydrogen) atoms. The second-order valence-electron chi connectivity index (χ2n) is 3.86. The minimum absolute atomic E-state index is 0.0326. The monoisotopic (exact) mass is 202 g/mol. The molecule has 1 fully saturated rings. The Labute approximate surface area is 89.6 Å². The molecule has 1 atom stereocenters. The first kappa shape index (κ1) is 9.97. The summed E-state index contributed by atoms with van der Waals surface area (Å²) in [6, 6.07) is 10.2. The molecule has 1 aliphatic rings. The number of esters is 1. The number of cyclic esters (lactones) is 1. The van der Waals surface area contributed by atoms with Crippen LogP contribution in [0.2, 0.25) is 0 Å². The van der Waals surface area contributed by atoms with Gasteiger partial charge in [-0.1, -0.05) is 36.9 Å². The van der Waals surface area contributed by atoms with Crippen molar-refractivity contribution in [3.8, 4) is 0 Å². The average molecular weight is 202 g/mol. The van der Waals surface area contributed by atoms with E-state index in [2.05, 4.69) is 18.7 Å². The molecule has 1 aliphatic heterocycles.